The molecule has 4 rings (SSSR count). The smallest absolute Gasteiger partial charge is 0.305 e. The van der Waals surface area contributed by atoms with Gasteiger partial charge in [0.2, 0.25) is 5.91 Å². The third kappa shape index (κ3) is 3.19. The highest BCUT2D eigenvalue weighted by Gasteiger charge is 2.49. The molecular weight excluding hydrogens is 330 g/mol. The van der Waals surface area contributed by atoms with E-state index in [1.807, 2.05) is 12.1 Å². The zero-order valence-corrected chi connectivity index (χ0v) is 14.8. The molecular formula is C21H23NO4. The summed E-state index contributed by atoms with van der Waals surface area (Å²) < 4.78 is 5.38. The van der Waals surface area contributed by atoms with Crippen LogP contribution in [0, 0.1) is 5.92 Å². The normalized spacial score (nSPS) is 27.7. The Balaban J connectivity index is 1.49. The number of carbonyl (C=O) groups is 2. The van der Waals surface area contributed by atoms with Crippen molar-refractivity contribution in [2.75, 3.05) is 13.7 Å². The summed E-state index contributed by atoms with van der Waals surface area (Å²) >= 11 is 0. The van der Waals surface area contributed by atoms with Crippen molar-refractivity contribution in [3.05, 3.63) is 48.0 Å². The molecule has 1 saturated carbocycles. The van der Waals surface area contributed by atoms with Crippen LogP contribution in [0.4, 0.5) is 0 Å². The first-order valence-electron chi connectivity index (χ1n) is 9.10. The van der Waals surface area contributed by atoms with Crippen LogP contribution in [0.3, 0.4) is 0 Å². The predicted molar refractivity (Wildman–Crippen MR) is 98.0 cm³/mol. The largest absolute Gasteiger partial charge is 0.481 e. The summed E-state index contributed by atoms with van der Waals surface area (Å²) in [5.41, 5.74) is 1.19. The molecule has 0 aromatic heterocycles. The molecule has 2 aliphatic rings. The molecule has 1 aliphatic heterocycles. The molecule has 1 heterocycles. The summed E-state index contributed by atoms with van der Waals surface area (Å²) in [7, 11) is 1.62. The number of rotatable bonds is 5. The van der Waals surface area contributed by atoms with Crippen molar-refractivity contribution in [2.24, 2.45) is 5.92 Å². The molecule has 2 aromatic rings. The molecule has 0 bridgehead atoms. The zero-order chi connectivity index (χ0) is 18.3. The number of hydrogen-bond donors (Lipinski definition) is 1. The van der Waals surface area contributed by atoms with Crippen molar-refractivity contribution in [1.82, 2.24) is 4.90 Å². The number of aliphatic carboxylic acids is 1. The van der Waals surface area contributed by atoms with Crippen molar-refractivity contribution < 1.29 is 19.4 Å². The molecule has 26 heavy (non-hydrogen) atoms. The average molecular weight is 353 g/mol. The molecule has 1 saturated heterocycles. The van der Waals surface area contributed by atoms with Crippen molar-refractivity contribution >= 4 is 22.6 Å². The number of fused-ring (bicyclic) bond motifs is 1. The number of likely N-dealkylation sites (tertiary alicyclic amines) is 1. The predicted octanol–water partition coefficient (Wildman–Crippen LogP) is 3.03. The minimum Gasteiger partial charge on any atom is -0.481 e. The molecule has 136 valence electrons. The van der Waals surface area contributed by atoms with Crippen LogP contribution in [0.1, 0.15) is 30.7 Å². The molecule has 5 nitrogen and oxygen atoms in total. The van der Waals surface area contributed by atoms with E-state index in [4.69, 9.17) is 9.84 Å². The SMILES string of the molecule is COC1CC(CC(=O)O)N(C(=O)C2CC2c2ccc3ccccc3c2)C1. The summed E-state index contributed by atoms with van der Waals surface area (Å²) in [4.78, 5) is 25.9. The van der Waals surface area contributed by atoms with E-state index in [-0.39, 0.29) is 36.3 Å². The molecule has 0 radical (unpaired) electrons. The fourth-order valence-corrected chi connectivity index (χ4v) is 4.20. The molecule has 2 fully saturated rings. The van der Waals surface area contributed by atoms with Crippen LogP contribution < -0.4 is 0 Å². The number of ether oxygens (including phenoxy) is 1. The Morgan fingerprint density at radius 1 is 1.15 bits per heavy atom. The zero-order valence-electron chi connectivity index (χ0n) is 14.8. The molecule has 5 heteroatoms. The van der Waals surface area contributed by atoms with Gasteiger partial charge in [0.15, 0.2) is 0 Å². The first-order valence-corrected chi connectivity index (χ1v) is 9.10. The van der Waals surface area contributed by atoms with Gasteiger partial charge < -0.3 is 14.7 Å². The molecule has 1 N–H and O–H groups in total. The summed E-state index contributed by atoms with van der Waals surface area (Å²) in [5, 5.41) is 11.5. The number of carboxylic acids is 1. The topological polar surface area (TPSA) is 66.8 Å². The van der Waals surface area contributed by atoms with Crippen LogP contribution in [-0.2, 0) is 14.3 Å². The quantitative estimate of drug-likeness (QED) is 0.897. The van der Waals surface area contributed by atoms with E-state index in [1.165, 1.54) is 16.3 Å². The monoisotopic (exact) mass is 353 g/mol. The Morgan fingerprint density at radius 3 is 2.65 bits per heavy atom. The van der Waals surface area contributed by atoms with Gasteiger partial charge in [-0.2, -0.15) is 0 Å². The van der Waals surface area contributed by atoms with Crippen LogP contribution in [0.25, 0.3) is 10.8 Å². The van der Waals surface area contributed by atoms with Crippen LogP contribution in [0.2, 0.25) is 0 Å². The maximum Gasteiger partial charge on any atom is 0.305 e. The van der Waals surface area contributed by atoms with E-state index in [0.29, 0.717) is 13.0 Å². The van der Waals surface area contributed by atoms with E-state index in [9.17, 15) is 9.59 Å². The third-order valence-corrected chi connectivity index (χ3v) is 5.71. The van der Waals surface area contributed by atoms with E-state index in [1.54, 1.807) is 12.0 Å². The van der Waals surface area contributed by atoms with Gasteiger partial charge in [-0.05, 0) is 35.1 Å². The van der Waals surface area contributed by atoms with Crippen LogP contribution in [0.5, 0.6) is 0 Å². The lowest BCUT2D eigenvalue weighted by Crippen LogP contribution is -2.38. The first kappa shape index (κ1) is 17.0. The van der Waals surface area contributed by atoms with Gasteiger partial charge in [0, 0.05) is 25.6 Å². The van der Waals surface area contributed by atoms with Gasteiger partial charge in [0.05, 0.1) is 12.5 Å². The number of amides is 1. The number of nitrogens with zero attached hydrogens (tertiary/aromatic N) is 1. The van der Waals surface area contributed by atoms with Gasteiger partial charge in [0.25, 0.3) is 0 Å². The number of methoxy groups -OCH3 is 1. The fourth-order valence-electron chi connectivity index (χ4n) is 4.20. The first-order chi connectivity index (χ1) is 12.6. The highest BCUT2D eigenvalue weighted by atomic mass is 16.5. The standard InChI is InChI=1S/C21H23NO4/c1-26-17-9-16(10-20(23)24)22(12-17)21(25)19-11-18(19)15-7-6-13-4-2-3-5-14(13)8-15/h2-8,16-19H,9-12H2,1H3,(H,23,24). The number of carbonyl (C=O) groups excluding carboxylic acids is 1. The second-order valence-corrected chi connectivity index (χ2v) is 7.39. The molecule has 1 amide bonds. The Morgan fingerprint density at radius 2 is 1.92 bits per heavy atom. The maximum absolute atomic E-state index is 13.0. The van der Waals surface area contributed by atoms with Crippen molar-refractivity contribution in [1.29, 1.82) is 0 Å². The van der Waals surface area contributed by atoms with E-state index < -0.39 is 5.97 Å². The summed E-state index contributed by atoms with van der Waals surface area (Å²) in [5.74, 6) is -0.595. The fraction of sp³-hybridized carbons (Fsp3) is 0.429. The highest BCUT2D eigenvalue weighted by molar-refractivity contribution is 5.86. The number of hydrogen-bond acceptors (Lipinski definition) is 3. The molecule has 4 atom stereocenters. The Labute approximate surface area is 152 Å². The Kier molecular flexibility index (Phi) is 4.41. The van der Waals surface area contributed by atoms with Gasteiger partial charge in [-0.1, -0.05) is 42.5 Å². The Hall–Kier alpha value is -2.40. The van der Waals surface area contributed by atoms with Crippen molar-refractivity contribution in [3.63, 3.8) is 0 Å². The van der Waals surface area contributed by atoms with Crippen LogP contribution in [0.15, 0.2) is 42.5 Å². The van der Waals surface area contributed by atoms with Crippen LogP contribution >= 0.6 is 0 Å². The van der Waals surface area contributed by atoms with E-state index >= 15 is 0 Å². The number of carboxylic acid groups (broad SMARTS) is 1. The van der Waals surface area contributed by atoms with Gasteiger partial charge in [-0.15, -0.1) is 0 Å². The van der Waals surface area contributed by atoms with Gasteiger partial charge in [0.1, 0.15) is 0 Å². The lowest BCUT2D eigenvalue weighted by atomic mass is 10.0. The minimum absolute atomic E-state index is 0.0149. The maximum atomic E-state index is 13.0. The molecule has 2 aromatic carbocycles. The Bertz CT molecular complexity index is 849. The van der Waals surface area contributed by atoms with Gasteiger partial charge in [-0.25, -0.2) is 0 Å². The second-order valence-electron chi connectivity index (χ2n) is 7.39. The van der Waals surface area contributed by atoms with E-state index in [2.05, 4.69) is 30.3 Å². The highest BCUT2D eigenvalue weighted by Crippen LogP contribution is 2.49. The minimum atomic E-state index is -0.869. The second kappa shape index (κ2) is 6.72. The van der Waals surface area contributed by atoms with Crippen molar-refractivity contribution in [2.45, 2.75) is 37.3 Å². The van der Waals surface area contributed by atoms with Crippen LogP contribution in [-0.4, -0.2) is 47.7 Å². The third-order valence-electron chi connectivity index (χ3n) is 5.71. The summed E-state index contributed by atoms with van der Waals surface area (Å²) in [6.45, 7) is 0.494. The van der Waals surface area contributed by atoms with E-state index in [0.717, 1.165) is 6.42 Å². The van der Waals surface area contributed by atoms with Gasteiger partial charge >= 0.3 is 5.97 Å². The average Bonchev–Trinajstić information content (AvgIpc) is 3.34. The summed E-state index contributed by atoms with van der Waals surface area (Å²) in [6.07, 6.45) is 1.35. The lowest BCUT2D eigenvalue weighted by Gasteiger charge is -2.23. The van der Waals surface area contributed by atoms with Gasteiger partial charge in [-0.3, -0.25) is 9.59 Å². The summed E-state index contributed by atoms with van der Waals surface area (Å²) in [6, 6.07) is 14.3. The molecule has 1 aliphatic carbocycles. The molecule has 0 spiro atoms. The molecule has 4 unspecified atom stereocenters. The van der Waals surface area contributed by atoms with Crippen molar-refractivity contribution in [3.8, 4) is 0 Å². The lowest BCUT2D eigenvalue weighted by molar-refractivity contribution is -0.140. The number of benzene rings is 2.